The van der Waals surface area contributed by atoms with Gasteiger partial charge in [0.2, 0.25) is 0 Å². The first-order chi connectivity index (χ1) is 9.04. The van der Waals surface area contributed by atoms with Gasteiger partial charge in [-0.1, -0.05) is 26.2 Å². The van der Waals surface area contributed by atoms with E-state index in [0.717, 1.165) is 32.1 Å². The van der Waals surface area contributed by atoms with Crippen LogP contribution in [0.4, 0.5) is 8.78 Å². The van der Waals surface area contributed by atoms with Crippen LogP contribution in [0.3, 0.4) is 0 Å². The standard InChI is InChI=1S/C15H19BrF2O/c1-2-9-3-5-10(6-4-9)15(19)13-12(17)8-7-11(16)14(13)18/h7-10,15,19H,2-6H2,1H3. The van der Waals surface area contributed by atoms with E-state index in [0.29, 0.717) is 5.92 Å². The maximum atomic E-state index is 14.0. The van der Waals surface area contributed by atoms with Gasteiger partial charge < -0.3 is 5.11 Å². The molecule has 1 aliphatic rings. The van der Waals surface area contributed by atoms with Crippen LogP contribution in [-0.4, -0.2) is 5.11 Å². The maximum Gasteiger partial charge on any atom is 0.146 e. The van der Waals surface area contributed by atoms with E-state index in [1.807, 2.05) is 0 Å². The maximum absolute atomic E-state index is 14.0. The van der Waals surface area contributed by atoms with Crippen molar-refractivity contribution in [3.63, 3.8) is 0 Å². The Bertz CT molecular complexity index is 442. The van der Waals surface area contributed by atoms with Crippen molar-refractivity contribution < 1.29 is 13.9 Å². The molecule has 1 fully saturated rings. The molecule has 1 aromatic rings. The Morgan fingerprint density at radius 2 is 1.89 bits per heavy atom. The van der Waals surface area contributed by atoms with Gasteiger partial charge in [0.05, 0.1) is 16.1 Å². The van der Waals surface area contributed by atoms with Crippen LogP contribution in [0.15, 0.2) is 16.6 Å². The Morgan fingerprint density at radius 1 is 1.26 bits per heavy atom. The average Bonchev–Trinajstić information content (AvgIpc) is 2.43. The van der Waals surface area contributed by atoms with Crippen LogP contribution in [0, 0.1) is 23.5 Å². The second-order valence-corrected chi connectivity index (χ2v) is 6.25. The van der Waals surface area contributed by atoms with Crippen LogP contribution in [0.2, 0.25) is 0 Å². The van der Waals surface area contributed by atoms with Gasteiger partial charge in [0, 0.05) is 0 Å². The summed E-state index contributed by atoms with van der Waals surface area (Å²) in [5, 5.41) is 10.3. The zero-order valence-corrected chi connectivity index (χ0v) is 12.6. The highest BCUT2D eigenvalue weighted by Crippen LogP contribution is 2.40. The van der Waals surface area contributed by atoms with Crippen LogP contribution in [0.1, 0.15) is 50.7 Å². The average molecular weight is 333 g/mol. The number of aliphatic hydroxyl groups is 1. The van der Waals surface area contributed by atoms with Gasteiger partial charge in [0.25, 0.3) is 0 Å². The Morgan fingerprint density at radius 3 is 2.47 bits per heavy atom. The Balaban J connectivity index is 2.16. The van der Waals surface area contributed by atoms with E-state index in [1.165, 1.54) is 12.1 Å². The second-order valence-electron chi connectivity index (χ2n) is 5.39. The Kier molecular flexibility index (Phi) is 4.96. The third-order valence-electron chi connectivity index (χ3n) is 4.29. The normalized spacial score (nSPS) is 25.3. The van der Waals surface area contributed by atoms with Gasteiger partial charge in [-0.3, -0.25) is 0 Å². The molecule has 1 nitrogen and oxygen atoms in total. The minimum atomic E-state index is -1.05. The van der Waals surface area contributed by atoms with Crippen molar-refractivity contribution in [2.24, 2.45) is 11.8 Å². The monoisotopic (exact) mass is 332 g/mol. The first-order valence-corrected chi connectivity index (χ1v) is 7.65. The molecule has 1 aliphatic carbocycles. The molecule has 1 unspecified atom stereocenters. The molecule has 106 valence electrons. The molecular formula is C15H19BrF2O. The number of hydrogen-bond donors (Lipinski definition) is 1. The summed E-state index contributed by atoms with van der Waals surface area (Å²) in [6.45, 7) is 2.16. The number of hydrogen-bond acceptors (Lipinski definition) is 1. The Hall–Kier alpha value is -0.480. The van der Waals surface area contributed by atoms with Crippen LogP contribution < -0.4 is 0 Å². The van der Waals surface area contributed by atoms with Crippen molar-refractivity contribution in [2.75, 3.05) is 0 Å². The fourth-order valence-electron chi connectivity index (χ4n) is 2.96. The molecule has 1 saturated carbocycles. The van der Waals surface area contributed by atoms with E-state index in [4.69, 9.17) is 0 Å². The minimum Gasteiger partial charge on any atom is -0.388 e. The number of benzene rings is 1. The molecule has 1 N–H and O–H groups in total. The van der Waals surface area contributed by atoms with Crippen LogP contribution in [-0.2, 0) is 0 Å². The molecule has 0 radical (unpaired) electrons. The van der Waals surface area contributed by atoms with E-state index in [-0.39, 0.29) is 16.0 Å². The van der Waals surface area contributed by atoms with Gasteiger partial charge in [0.1, 0.15) is 11.6 Å². The topological polar surface area (TPSA) is 20.2 Å². The molecular weight excluding hydrogens is 314 g/mol. The molecule has 0 aromatic heterocycles. The summed E-state index contributed by atoms with van der Waals surface area (Å²) in [5.74, 6) is -0.683. The van der Waals surface area contributed by atoms with Crippen molar-refractivity contribution in [3.8, 4) is 0 Å². The van der Waals surface area contributed by atoms with Crippen molar-refractivity contribution >= 4 is 15.9 Å². The fraction of sp³-hybridized carbons (Fsp3) is 0.600. The van der Waals surface area contributed by atoms with Gasteiger partial charge in [-0.05, 0) is 52.7 Å². The molecule has 0 saturated heterocycles. The summed E-state index contributed by atoms with van der Waals surface area (Å²) in [6, 6.07) is 2.53. The van der Waals surface area contributed by atoms with Gasteiger partial charge >= 0.3 is 0 Å². The lowest BCUT2D eigenvalue weighted by atomic mass is 9.77. The summed E-state index contributed by atoms with van der Waals surface area (Å²) in [7, 11) is 0. The molecule has 0 amide bonds. The lowest BCUT2D eigenvalue weighted by molar-refractivity contribution is 0.0668. The van der Waals surface area contributed by atoms with Crippen LogP contribution >= 0.6 is 15.9 Å². The smallest absolute Gasteiger partial charge is 0.146 e. The van der Waals surface area contributed by atoms with Crippen molar-refractivity contribution in [2.45, 2.75) is 45.1 Å². The van der Waals surface area contributed by atoms with Gasteiger partial charge in [-0.15, -0.1) is 0 Å². The van der Waals surface area contributed by atoms with Gasteiger partial charge in [0.15, 0.2) is 0 Å². The molecule has 0 aliphatic heterocycles. The summed E-state index contributed by atoms with van der Waals surface area (Å²) < 4.78 is 27.9. The van der Waals surface area contributed by atoms with Crippen molar-refractivity contribution in [1.29, 1.82) is 0 Å². The highest BCUT2D eigenvalue weighted by Gasteiger charge is 2.30. The van der Waals surface area contributed by atoms with Crippen LogP contribution in [0.5, 0.6) is 0 Å². The summed E-state index contributed by atoms with van der Waals surface area (Å²) in [4.78, 5) is 0. The third-order valence-corrected chi connectivity index (χ3v) is 4.90. The lowest BCUT2D eigenvalue weighted by Gasteiger charge is -2.31. The zero-order valence-electron chi connectivity index (χ0n) is 11.0. The molecule has 0 bridgehead atoms. The fourth-order valence-corrected chi connectivity index (χ4v) is 3.31. The van der Waals surface area contributed by atoms with Crippen molar-refractivity contribution in [1.82, 2.24) is 0 Å². The summed E-state index contributed by atoms with van der Waals surface area (Å²) in [5.41, 5.74) is -0.186. The van der Waals surface area contributed by atoms with Gasteiger partial charge in [-0.25, -0.2) is 8.78 Å². The molecule has 19 heavy (non-hydrogen) atoms. The molecule has 0 spiro atoms. The molecule has 0 heterocycles. The second kappa shape index (κ2) is 6.31. The largest absolute Gasteiger partial charge is 0.388 e. The molecule has 4 heteroatoms. The summed E-state index contributed by atoms with van der Waals surface area (Å²) in [6.07, 6.45) is 3.85. The zero-order chi connectivity index (χ0) is 14.0. The third kappa shape index (κ3) is 3.16. The van der Waals surface area contributed by atoms with E-state index < -0.39 is 17.7 Å². The number of halogens is 3. The first-order valence-electron chi connectivity index (χ1n) is 6.86. The summed E-state index contributed by atoms with van der Waals surface area (Å²) >= 11 is 3.04. The van der Waals surface area contributed by atoms with E-state index in [2.05, 4.69) is 22.9 Å². The number of aliphatic hydroxyl groups excluding tert-OH is 1. The van der Waals surface area contributed by atoms with Gasteiger partial charge in [-0.2, -0.15) is 0 Å². The van der Waals surface area contributed by atoms with E-state index >= 15 is 0 Å². The van der Waals surface area contributed by atoms with Crippen LogP contribution in [0.25, 0.3) is 0 Å². The highest BCUT2D eigenvalue weighted by atomic mass is 79.9. The Labute approximate surface area is 121 Å². The number of rotatable bonds is 3. The predicted molar refractivity (Wildman–Crippen MR) is 74.8 cm³/mol. The minimum absolute atomic E-state index is 0.0406. The molecule has 1 aromatic carbocycles. The SMILES string of the molecule is CCC1CCC(C(O)c2c(F)ccc(Br)c2F)CC1. The highest BCUT2D eigenvalue weighted by molar-refractivity contribution is 9.10. The quantitative estimate of drug-likeness (QED) is 0.774. The first kappa shape index (κ1) is 14.9. The molecule has 2 rings (SSSR count). The van der Waals surface area contributed by atoms with E-state index in [9.17, 15) is 13.9 Å². The molecule has 1 atom stereocenters. The van der Waals surface area contributed by atoms with Crippen molar-refractivity contribution in [3.05, 3.63) is 33.8 Å². The predicted octanol–water partition coefficient (Wildman–Crippen LogP) is 4.98. The van der Waals surface area contributed by atoms with E-state index in [1.54, 1.807) is 0 Å². The lowest BCUT2D eigenvalue weighted by Crippen LogP contribution is -2.22.